The zero-order valence-electron chi connectivity index (χ0n) is 11.7. The summed E-state index contributed by atoms with van der Waals surface area (Å²) < 4.78 is 5.67. The normalized spacial score (nSPS) is 18.6. The fourth-order valence-corrected chi connectivity index (χ4v) is 2.42. The Labute approximate surface area is 110 Å². The molecule has 1 aliphatic carbocycles. The lowest BCUT2D eigenvalue weighted by Gasteiger charge is -2.28. The van der Waals surface area contributed by atoms with Gasteiger partial charge >= 0.3 is 0 Å². The molecule has 100 valence electrons. The molecule has 1 saturated carbocycles. The van der Waals surface area contributed by atoms with Gasteiger partial charge in [-0.2, -0.15) is 0 Å². The van der Waals surface area contributed by atoms with Crippen molar-refractivity contribution in [3.63, 3.8) is 0 Å². The molecule has 1 atom stereocenters. The third kappa shape index (κ3) is 3.30. The molecule has 0 saturated heterocycles. The number of hydrogen-bond acceptors (Lipinski definition) is 3. The highest BCUT2D eigenvalue weighted by atomic mass is 16.5. The summed E-state index contributed by atoms with van der Waals surface area (Å²) in [5.41, 5.74) is 2.67. The van der Waals surface area contributed by atoms with Crippen molar-refractivity contribution < 1.29 is 4.74 Å². The molecule has 1 fully saturated rings. The van der Waals surface area contributed by atoms with Gasteiger partial charge in [-0.15, -0.1) is 0 Å². The minimum atomic E-state index is 0.0211. The number of pyridine rings is 1. The van der Waals surface area contributed by atoms with E-state index in [0.29, 0.717) is 0 Å². The average Bonchev–Trinajstić information content (AvgIpc) is 3.21. The monoisotopic (exact) mass is 248 g/mol. The highest BCUT2D eigenvalue weighted by molar-refractivity contribution is 5.21. The predicted molar refractivity (Wildman–Crippen MR) is 73.7 cm³/mol. The van der Waals surface area contributed by atoms with Crippen LogP contribution in [0.15, 0.2) is 18.5 Å². The topological polar surface area (TPSA) is 34.1 Å². The molecular formula is C15H24N2O. The van der Waals surface area contributed by atoms with Gasteiger partial charge in [0.2, 0.25) is 0 Å². The fourth-order valence-electron chi connectivity index (χ4n) is 2.42. The van der Waals surface area contributed by atoms with Gasteiger partial charge in [0.05, 0.1) is 5.60 Å². The van der Waals surface area contributed by atoms with Crippen molar-refractivity contribution in [3.05, 3.63) is 29.6 Å². The number of rotatable bonds is 7. The average molecular weight is 248 g/mol. The molecule has 0 aliphatic heterocycles. The van der Waals surface area contributed by atoms with E-state index in [2.05, 4.69) is 30.2 Å². The third-order valence-electron chi connectivity index (χ3n) is 4.09. The largest absolute Gasteiger partial charge is 0.377 e. The van der Waals surface area contributed by atoms with Crippen LogP contribution >= 0.6 is 0 Å². The summed E-state index contributed by atoms with van der Waals surface area (Å²) in [6, 6.07) is 2.10. The summed E-state index contributed by atoms with van der Waals surface area (Å²) in [6.45, 7) is 6.27. The predicted octanol–water partition coefficient (Wildman–Crippen LogP) is 2.34. The molecule has 1 aromatic heterocycles. The lowest BCUT2D eigenvalue weighted by Crippen LogP contribution is -2.42. The smallest absolute Gasteiger partial charge is 0.0802 e. The van der Waals surface area contributed by atoms with Crippen LogP contribution in [0, 0.1) is 12.8 Å². The summed E-state index contributed by atoms with van der Waals surface area (Å²) in [7, 11) is 1.83. The number of aryl methyl sites for hydroxylation is 1. The van der Waals surface area contributed by atoms with Crippen molar-refractivity contribution in [2.45, 2.75) is 38.7 Å². The van der Waals surface area contributed by atoms with Gasteiger partial charge in [0.15, 0.2) is 0 Å². The minimum Gasteiger partial charge on any atom is -0.377 e. The Balaban J connectivity index is 1.74. The summed E-state index contributed by atoms with van der Waals surface area (Å²) in [4.78, 5) is 4.12. The van der Waals surface area contributed by atoms with Crippen LogP contribution in [0.3, 0.4) is 0 Å². The van der Waals surface area contributed by atoms with E-state index < -0.39 is 0 Å². The summed E-state index contributed by atoms with van der Waals surface area (Å²) in [5.74, 6) is 0.748. The van der Waals surface area contributed by atoms with Gasteiger partial charge in [-0.25, -0.2) is 0 Å². The van der Waals surface area contributed by atoms with Crippen LogP contribution < -0.4 is 5.32 Å². The molecule has 3 heteroatoms. The first kappa shape index (κ1) is 13.5. The van der Waals surface area contributed by atoms with Crippen LogP contribution in [0.25, 0.3) is 0 Å². The van der Waals surface area contributed by atoms with Gasteiger partial charge < -0.3 is 10.1 Å². The Morgan fingerprint density at radius 1 is 1.50 bits per heavy atom. The van der Waals surface area contributed by atoms with E-state index in [9.17, 15) is 0 Å². The number of ether oxygens (including phenoxy) is 1. The highest BCUT2D eigenvalue weighted by Gasteiger charge is 2.41. The second-order valence-corrected chi connectivity index (χ2v) is 5.52. The van der Waals surface area contributed by atoms with Gasteiger partial charge in [-0.3, -0.25) is 4.98 Å². The first-order valence-electron chi connectivity index (χ1n) is 6.81. The van der Waals surface area contributed by atoms with Crippen molar-refractivity contribution in [1.82, 2.24) is 10.3 Å². The standard InChI is InChI=1S/C15H24N2O/c1-12-10-16-8-6-13(12)7-9-17-11-15(2,18-3)14-4-5-14/h6,8,10,14,17H,4-5,7,9,11H2,1-3H3. The van der Waals surface area contributed by atoms with E-state index >= 15 is 0 Å². The summed E-state index contributed by atoms with van der Waals surface area (Å²) in [6.07, 6.45) is 7.48. The molecule has 1 heterocycles. The second-order valence-electron chi connectivity index (χ2n) is 5.52. The third-order valence-corrected chi connectivity index (χ3v) is 4.09. The number of nitrogens with one attached hydrogen (secondary N) is 1. The molecular weight excluding hydrogens is 224 g/mol. The SMILES string of the molecule is COC(C)(CNCCc1ccncc1C)C1CC1. The fraction of sp³-hybridized carbons (Fsp3) is 0.667. The lowest BCUT2D eigenvalue weighted by molar-refractivity contribution is -0.0118. The number of aromatic nitrogens is 1. The van der Waals surface area contributed by atoms with Crippen LogP contribution in [-0.4, -0.2) is 30.8 Å². The molecule has 2 rings (SSSR count). The van der Waals surface area contributed by atoms with E-state index in [-0.39, 0.29) is 5.60 Å². The van der Waals surface area contributed by atoms with E-state index in [4.69, 9.17) is 4.74 Å². The minimum absolute atomic E-state index is 0.0211. The lowest BCUT2D eigenvalue weighted by atomic mass is 10.00. The van der Waals surface area contributed by atoms with Crippen LogP contribution in [-0.2, 0) is 11.2 Å². The van der Waals surface area contributed by atoms with Gasteiger partial charge in [0.1, 0.15) is 0 Å². The van der Waals surface area contributed by atoms with Gasteiger partial charge in [-0.05, 0) is 62.8 Å². The maximum atomic E-state index is 5.67. The number of hydrogen-bond donors (Lipinski definition) is 1. The Bertz CT molecular complexity index is 390. The van der Waals surface area contributed by atoms with Gasteiger partial charge in [0, 0.05) is 26.0 Å². The van der Waals surface area contributed by atoms with Crippen LogP contribution in [0.4, 0.5) is 0 Å². The van der Waals surface area contributed by atoms with Crippen molar-refractivity contribution in [2.75, 3.05) is 20.2 Å². The highest BCUT2D eigenvalue weighted by Crippen LogP contribution is 2.41. The van der Waals surface area contributed by atoms with Crippen molar-refractivity contribution in [2.24, 2.45) is 5.92 Å². The van der Waals surface area contributed by atoms with Crippen molar-refractivity contribution in [3.8, 4) is 0 Å². The van der Waals surface area contributed by atoms with E-state index in [0.717, 1.165) is 25.4 Å². The maximum Gasteiger partial charge on any atom is 0.0802 e. The molecule has 3 nitrogen and oxygen atoms in total. The molecule has 1 aliphatic rings. The number of nitrogens with zero attached hydrogens (tertiary/aromatic N) is 1. The Hall–Kier alpha value is -0.930. The van der Waals surface area contributed by atoms with E-state index in [1.807, 2.05) is 19.5 Å². The summed E-state index contributed by atoms with van der Waals surface area (Å²) in [5, 5.41) is 3.53. The molecule has 1 aromatic rings. The van der Waals surface area contributed by atoms with E-state index in [1.54, 1.807) is 0 Å². The van der Waals surface area contributed by atoms with Gasteiger partial charge in [-0.1, -0.05) is 0 Å². The molecule has 18 heavy (non-hydrogen) atoms. The molecule has 0 amide bonds. The van der Waals surface area contributed by atoms with Crippen LogP contribution in [0.1, 0.15) is 30.9 Å². The van der Waals surface area contributed by atoms with Crippen molar-refractivity contribution >= 4 is 0 Å². The number of methoxy groups -OCH3 is 1. The molecule has 0 bridgehead atoms. The molecule has 0 spiro atoms. The van der Waals surface area contributed by atoms with Crippen LogP contribution in [0.2, 0.25) is 0 Å². The maximum absolute atomic E-state index is 5.67. The first-order chi connectivity index (χ1) is 8.65. The Morgan fingerprint density at radius 3 is 2.89 bits per heavy atom. The molecule has 0 radical (unpaired) electrons. The first-order valence-corrected chi connectivity index (χ1v) is 6.81. The van der Waals surface area contributed by atoms with Gasteiger partial charge in [0.25, 0.3) is 0 Å². The van der Waals surface area contributed by atoms with Crippen LogP contribution in [0.5, 0.6) is 0 Å². The second kappa shape index (κ2) is 5.81. The van der Waals surface area contributed by atoms with Crippen molar-refractivity contribution in [1.29, 1.82) is 0 Å². The molecule has 0 aromatic carbocycles. The van der Waals surface area contributed by atoms with E-state index in [1.165, 1.54) is 24.0 Å². The Kier molecular flexibility index (Phi) is 4.36. The Morgan fingerprint density at radius 2 is 2.28 bits per heavy atom. The zero-order valence-corrected chi connectivity index (χ0v) is 11.7. The molecule has 1 unspecified atom stereocenters. The zero-order chi connectivity index (χ0) is 13.0. The quantitative estimate of drug-likeness (QED) is 0.752. The molecule has 1 N–H and O–H groups in total. The summed E-state index contributed by atoms with van der Waals surface area (Å²) >= 11 is 0.